The number of rotatable bonds is 3. The summed E-state index contributed by atoms with van der Waals surface area (Å²) in [5.41, 5.74) is 0.659. The molecule has 1 fully saturated rings. The van der Waals surface area contributed by atoms with Crippen LogP contribution in [-0.2, 0) is 0 Å². The third-order valence-corrected chi connectivity index (χ3v) is 4.05. The molecule has 19 heavy (non-hydrogen) atoms. The monoisotopic (exact) mass is 383 g/mol. The fourth-order valence-corrected chi connectivity index (χ4v) is 2.72. The average molecular weight is 385 g/mol. The van der Waals surface area contributed by atoms with Crippen molar-refractivity contribution in [1.82, 2.24) is 9.55 Å². The van der Waals surface area contributed by atoms with Crippen molar-refractivity contribution in [1.29, 1.82) is 0 Å². The molecule has 1 saturated carbocycles. The van der Waals surface area contributed by atoms with Gasteiger partial charge in [0.1, 0.15) is 11.5 Å². The Morgan fingerprint density at radius 2 is 2.21 bits per heavy atom. The maximum absolute atomic E-state index is 12.3. The molecule has 98 valence electrons. The van der Waals surface area contributed by atoms with Crippen LogP contribution in [0.5, 0.6) is 0 Å². The molecule has 0 bridgehead atoms. The van der Waals surface area contributed by atoms with Crippen LogP contribution >= 0.6 is 31.9 Å². The normalized spacial score (nSPS) is 14.4. The standard InChI is InChI=1S/C13H11Br2N3O/c14-8-6-11(18(7-8)9-3-4-9)13(19)17-12-10(15)2-1-5-16-12/h1-2,5-7,9H,3-4H2,(H,16,17,19). The largest absolute Gasteiger partial charge is 0.339 e. The van der Waals surface area contributed by atoms with E-state index in [4.69, 9.17) is 0 Å². The number of hydrogen-bond donors (Lipinski definition) is 1. The lowest BCUT2D eigenvalue weighted by molar-refractivity contribution is 0.101. The summed E-state index contributed by atoms with van der Waals surface area (Å²) in [6.07, 6.45) is 5.87. The molecule has 6 heteroatoms. The van der Waals surface area contributed by atoms with Crippen molar-refractivity contribution < 1.29 is 4.79 Å². The van der Waals surface area contributed by atoms with Gasteiger partial charge in [0.05, 0.1) is 4.47 Å². The number of amides is 1. The van der Waals surface area contributed by atoms with Gasteiger partial charge in [-0.2, -0.15) is 0 Å². The molecule has 4 nitrogen and oxygen atoms in total. The molecule has 0 radical (unpaired) electrons. The Hall–Kier alpha value is -1.14. The van der Waals surface area contributed by atoms with E-state index >= 15 is 0 Å². The minimum atomic E-state index is -0.142. The van der Waals surface area contributed by atoms with Gasteiger partial charge in [-0.25, -0.2) is 4.98 Å². The number of carbonyl (C=O) groups is 1. The molecule has 0 aliphatic heterocycles. The van der Waals surface area contributed by atoms with E-state index in [0.717, 1.165) is 21.8 Å². The summed E-state index contributed by atoms with van der Waals surface area (Å²) in [7, 11) is 0. The van der Waals surface area contributed by atoms with Crippen molar-refractivity contribution in [3.05, 3.63) is 45.2 Å². The Balaban J connectivity index is 1.86. The average Bonchev–Trinajstić information content (AvgIpc) is 3.15. The maximum atomic E-state index is 12.3. The van der Waals surface area contributed by atoms with Crippen LogP contribution in [0.4, 0.5) is 5.82 Å². The molecule has 1 amide bonds. The topological polar surface area (TPSA) is 46.9 Å². The van der Waals surface area contributed by atoms with Crippen LogP contribution in [0.1, 0.15) is 29.4 Å². The van der Waals surface area contributed by atoms with E-state index in [-0.39, 0.29) is 5.91 Å². The highest BCUT2D eigenvalue weighted by Gasteiger charge is 2.28. The number of anilines is 1. The molecule has 0 saturated heterocycles. The zero-order valence-electron chi connectivity index (χ0n) is 9.94. The Morgan fingerprint density at radius 1 is 1.42 bits per heavy atom. The Morgan fingerprint density at radius 3 is 2.89 bits per heavy atom. The molecule has 0 atom stereocenters. The summed E-state index contributed by atoms with van der Waals surface area (Å²) in [4.78, 5) is 16.5. The smallest absolute Gasteiger partial charge is 0.273 e. The van der Waals surface area contributed by atoms with Crippen LogP contribution in [0.25, 0.3) is 0 Å². The van der Waals surface area contributed by atoms with Gasteiger partial charge >= 0.3 is 0 Å². The van der Waals surface area contributed by atoms with E-state index < -0.39 is 0 Å². The highest BCUT2D eigenvalue weighted by atomic mass is 79.9. The van der Waals surface area contributed by atoms with Crippen molar-refractivity contribution in [3.8, 4) is 0 Å². The lowest BCUT2D eigenvalue weighted by Crippen LogP contribution is -2.17. The highest BCUT2D eigenvalue weighted by molar-refractivity contribution is 9.10. The van der Waals surface area contributed by atoms with Crippen molar-refractivity contribution in [2.24, 2.45) is 0 Å². The van der Waals surface area contributed by atoms with Gasteiger partial charge in [0.25, 0.3) is 5.91 Å². The molecule has 0 unspecified atom stereocenters. The predicted molar refractivity (Wildman–Crippen MR) is 80.3 cm³/mol. The summed E-state index contributed by atoms with van der Waals surface area (Å²) in [6.45, 7) is 0. The van der Waals surface area contributed by atoms with E-state index in [9.17, 15) is 4.79 Å². The molecular formula is C13H11Br2N3O. The first kappa shape index (κ1) is 12.9. The number of nitrogens with zero attached hydrogens (tertiary/aromatic N) is 2. The predicted octanol–water partition coefficient (Wildman–Crippen LogP) is 4.00. The van der Waals surface area contributed by atoms with E-state index in [1.54, 1.807) is 6.20 Å². The van der Waals surface area contributed by atoms with E-state index in [1.807, 2.05) is 29.0 Å². The third-order valence-electron chi connectivity index (χ3n) is 2.98. The number of nitrogens with one attached hydrogen (secondary N) is 1. The summed E-state index contributed by atoms with van der Waals surface area (Å²) < 4.78 is 3.72. The van der Waals surface area contributed by atoms with Crippen LogP contribution in [0.3, 0.4) is 0 Å². The van der Waals surface area contributed by atoms with Gasteiger partial charge in [0, 0.05) is 22.9 Å². The van der Waals surface area contributed by atoms with Gasteiger partial charge in [-0.3, -0.25) is 4.79 Å². The van der Waals surface area contributed by atoms with E-state index in [2.05, 4.69) is 42.2 Å². The van der Waals surface area contributed by atoms with Crippen LogP contribution in [0.15, 0.2) is 39.5 Å². The molecule has 1 aliphatic rings. The molecule has 3 rings (SSSR count). The van der Waals surface area contributed by atoms with Gasteiger partial charge in [-0.15, -0.1) is 0 Å². The molecular weight excluding hydrogens is 374 g/mol. The first-order valence-corrected chi connectivity index (χ1v) is 7.53. The van der Waals surface area contributed by atoms with Crippen molar-refractivity contribution in [3.63, 3.8) is 0 Å². The van der Waals surface area contributed by atoms with Crippen molar-refractivity contribution in [2.75, 3.05) is 5.32 Å². The van der Waals surface area contributed by atoms with E-state index in [1.165, 1.54) is 0 Å². The first-order chi connectivity index (χ1) is 9.15. The maximum Gasteiger partial charge on any atom is 0.273 e. The minimum absolute atomic E-state index is 0.142. The Labute approximate surface area is 127 Å². The molecule has 1 N–H and O–H groups in total. The Kier molecular flexibility index (Phi) is 3.45. The molecule has 2 aromatic heterocycles. The van der Waals surface area contributed by atoms with Crippen LogP contribution in [-0.4, -0.2) is 15.5 Å². The van der Waals surface area contributed by atoms with Crippen LogP contribution in [0.2, 0.25) is 0 Å². The first-order valence-electron chi connectivity index (χ1n) is 5.94. The number of carbonyl (C=O) groups excluding carboxylic acids is 1. The summed E-state index contributed by atoms with van der Waals surface area (Å²) in [5.74, 6) is 0.393. The zero-order chi connectivity index (χ0) is 13.4. The molecule has 0 spiro atoms. The highest BCUT2D eigenvalue weighted by Crippen LogP contribution is 2.37. The fraction of sp³-hybridized carbons (Fsp3) is 0.231. The summed E-state index contributed by atoms with van der Waals surface area (Å²) in [5, 5.41) is 2.82. The fourth-order valence-electron chi connectivity index (χ4n) is 1.93. The second kappa shape index (κ2) is 5.09. The van der Waals surface area contributed by atoms with Gasteiger partial charge < -0.3 is 9.88 Å². The number of hydrogen-bond acceptors (Lipinski definition) is 2. The Bertz CT molecular complexity index is 635. The lowest BCUT2D eigenvalue weighted by atomic mass is 10.3. The quantitative estimate of drug-likeness (QED) is 0.869. The van der Waals surface area contributed by atoms with Gasteiger partial charge in [-0.1, -0.05) is 0 Å². The second-order valence-electron chi connectivity index (χ2n) is 4.47. The van der Waals surface area contributed by atoms with Crippen LogP contribution in [0, 0.1) is 0 Å². The van der Waals surface area contributed by atoms with Crippen molar-refractivity contribution >= 4 is 43.6 Å². The second-order valence-corrected chi connectivity index (χ2v) is 6.24. The molecule has 2 aromatic rings. The molecule has 0 aromatic carbocycles. The zero-order valence-corrected chi connectivity index (χ0v) is 13.1. The number of pyridine rings is 1. The SMILES string of the molecule is O=C(Nc1ncccc1Br)c1cc(Br)cn1C1CC1. The van der Waals surface area contributed by atoms with Gasteiger partial charge in [-0.05, 0) is 62.9 Å². The summed E-state index contributed by atoms with van der Waals surface area (Å²) >= 11 is 6.79. The van der Waals surface area contributed by atoms with Crippen LogP contribution < -0.4 is 5.32 Å². The molecule has 1 aliphatic carbocycles. The molecule has 2 heterocycles. The summed E-state index contributed by atoms with van der Waals surface area (Å²) in [6, 6.07) is 5.95. The lowest BCUT2D eigenvalue weighted by Gasteiger charge is -2.08. The van der Waals surface area contributed by atoms with Gasteiger partial charge in [0.15, 0.2) is 0 Å². The van der Waals surface area contributed by atoms with Gasteiger partial charge in [0.2, 0.25) is 0 Å². The minimum Gasteiger partial charge on any atom is -0.339 e. The third kappa shape index (κ3) is 2.74. The van der Waals surface area contributed by atoms with Crippen molar-refractivity contribution in [2.45, 2.75) is 18.9 Å². The van der Waals surface area contributed by atoms with E-state index in [0.29, 0.717) is 17.6 Å². The number of aromatic nitrogens is 2. The number of halogens is 2.